The van der Waals surface area contributed by atoms with E-state index in [2.05, 4.69) is 5.32 Å². The van der Waals surface area contributed by atoms with E-state index in [1.165, 1.54) is 6.42 Å². The molecule has 2 aromatic rings. The van der Waals surface area contributed by atoms with Gasteiger partial charge in [-0.25, -0.2) is 9.36 Å². The van der Waals surface area contributed by atoms with Gasteiger partial charge in [0.1, 0.15) is 13.2 Å². The normalized spacial score (nSPS) is 15.8. The molecular weight excluding hydrogens is 465 g/mol. The first-order chi connectivity index (χ1) is 17.2. The van der Waals surface area contributed by atoms with Crippen molar-refractivity contribution in [3.63, 3.8) is 0 Å². The summed E-state index contributed by atoms with van der Waals surface area (Å²) in [5, 5.41) is 2.97. The van der Waals surface area contributed by atoms with E-state index < -0.39 is 14.8 Å². The zero-order valence-electron chi connectivity index (χ0n) is 20.0. The Morgan fingerprint density at radius 2 is 1.49 bits per heavy atom. The monoisotopic (exact) mass is 499 g/mol. The van der Waals surface area contributed by atoms with Crippen molar-refractivity contribution in [2.45, 2.75) is 64.2 Å². The Labute approximate surface area is 208 Å². The minimum absolute atomic E-state index is 0.0806. The van der Waals surface area contributed by atoms with E-state index in [1.54, 1.807) is 0 Å². The van der Waals surface area contributed by atoms with E-state index in [0.717, 1.165) is 36.8 Å². The van der Waals surface area contributed by atoms with E-state index in [4.69, 9.17) is 14.0 Å². The number of esters is 1. The number of hydrogen-bond donors (Lipinski definition) is 1. The second-order valence-corrected chi connectivity index (χ2v) is 9.34. The summed E-state index contributed by atoms with van der Waals surface area (Å²) in [6.07, 6.45) is 5.42. The summed E-state index contributed by atoms with van der Waals surface area (Å²) in [6.45, 7) is 0.599. The fourth-order valence-corrected chi connectivity index (χ4v) is 4.89. The summed E-state index contributed by atoms with van der Waals surface area (Å²) >= 11 is 0. The zero-order valence-corrected chi connectivity index (χ0v) is 20.9. The molecule has 1 aliphatic rings. The predicted molar refractivity (Wildman–Crippen MR) is 133 cm³/mol. The number of benzene rings is 2. The van der Waals surface area contributed by atoms with Crippen molar-refractivity contribution in [2.75, 3.05) is 6.61 Å². The number of ether oxygens (including phenoxy) is 2. The standard InChI is InChI=1S/C27H34NO6P/c29-26(32-18-21-10-4-1-5-11-21)17-16-25(24(20-34-35-31)23-14-8-3-9-15-23)28-27(30)33-19-22-12-6-2-7-13-22/h1-2,4-7,10-13,23-25H,3,8-9,14-20H2,(H,28,30). The van der Waals surface area contributed by atoms with Gasteiger partial charge in [0.15, 0.2) is 0 Å². The Morgan fingerprint density at radius 1 is 0.886 bits per heavy atom. The van der Waals surface area contributed by atoms with Gasteiger partial charge >= 0.3 is 20.7 Å². The minimum Gasteiger partial charge on any atom is -0.461 e. The first kappa shape index (κ1) is 26.8. The molecule has 2 aromatic carbocycles. The molecule has 1 aliphatic carbocycles. The quantitative estimate of drug-likeness (QED) is 0.260. The van der Waals surface area contributed by atoms with Crippen molar-refractivity contribution in [3.05, 3.63) is 71.8 Å². The van der Waals surface area contributed by atoms with Crippen LogP contribution >= 0.6 is 8.69 Å². The maximum Gasteiger partial charge on any atom is 0.407 e. The molecule has 8 heteroatoms. The van der Waals surface area contributed by atoms with Crippen molar-refractivity contribution in [1.29, 1.82) is 0 Å². The van der Waals surface area contributed by atoms with Gasteiger partial charge in [-0.05, 0) is 23.5 Å². The summed E-state index contributed by atoms with van der Waals surface area (Å²) in [5.74, 6) is -0.100. The molecular formula is C27H34NO6P. The SMILES string of the molecule is O=POCC(C1CCCCC1)C(CCC(=O)OCc1ccccc1)NC(=O)OCc1ccccc1. The third kappa shape index (κ3) is 9.79. The number of amides is 1. The van der Waals surface area contributed by atoms with Gasteiger partial charge in [-0.15, -0.1) is 0 Å². The van der Waals surface area contributed by atoms with Crippen LogP contribution in [0.2, 0.25) is 0 Å². The van der Waals surface area contributed by atoms with E-state index in [0.29, 0.717) is 12.3 Å². The lowest BCUT2D eigenvalue weighted by molar-refractivity contribution is -0.145. The van der Waals surface area contributed by atoms with Crippen molar-refractivity contribution in [1.82, 2.24) is 5.32 Å². The topological polar surface area (TPSA) is 90.9 Å². The number of alkyl carbamates (subject to hydrolysis) is 1. The number of nitrogens with one attached hydrogen (secondary N) is 1. The summed E-state index contributed by atoms with van der Waals surface area (Å²) in [6, 6.07) is 18.6. The maximum absolute atomic E-state index is 12.7. The number of carbonyl (C=O) groups excluding carboxylic acids is 2. The lowest BCUT2D eigenvalue weighted by Gasteiger charge is -2.35. The molecule has 0 saturated heterocycles. The first-order valence-corrected chi connectivity index (χ1v) is 13.0. The molecule has 0 radical (unpaired) electrons. The highest BCUT2D eigenvalue weighted by Crippen LogP contribution is 2.34. The molecule has 2 atom stereocenters. The molecule has 0 bridgehead atoms. The van der Waals surface area contributed by atoms with Gasteiger partial charge in [-0.2, -0.15) is 0 Å². The molecule has 2 unspecified atom stereocenters. The Balaban J connectivity index is 1.62. The molecule has 35 heavy (non-hydrogen) atoms. The maximum atomic E-state index is 12.7. The van der Waals surface area contributed by atoms with Crippen LogP contribution in [-0.2, 0) is 36.6 Å². The average molecular weight is 500 g/mol. The molecule has 1 saturated carbocycles. The van der Waals surface area contributed by atoms with Gasteiger partial charge in [0.2, 0.25) is 0 Å². The molecule has 7 nitrogen and oxygen atoms in total. The molecule has 188 valence electrons. The van der Waals surface area contributed by atoms with Crippen LogP contribution in [-0.4, -0.2) is 24.7 Å². The lowest BCUT2D eigenvalue weighted by Crippen LogP contribution is -2.45. The largest absolute Gasteiger partial charge is 0.461 e. The van der Waals surface area contributed by atoms with Crippen molar-refractivity contribution in [2.24, 2.45) is 11.8 Å². The van der Waals surface area contributed by atoms with Gasteiger partial charge in [0, 0.05) is 18.4 Å². The molecule has 0 aromatic heterocycles. The van der Waals surface area contributed by atoms with Gasteiger partial charge < -0.3 is 14.8 Å². The summed E-state index contributed by atoms with van der Waals surface area (Å²) < 4.78 is 27.2. The fraction of sp³-hybridized carbons (Fsp3) is 0.481. The molecule has 3 rings (SSSR count). The van der Waals surface area contributed by atoms with E-state index in [1.807, 2.05) is 60.7 Å². The van der Waals surface area contributed by atoms with E-state index >= 15 is 0 Å². The highest BCUT2D eigenvalue weighted by molar-refractivity contribution is 7.17. The summed E-state index contributed by atoms with van der Waals surface area (Å²) in [5.41, 5.74) is 1.81. The Bertz CT molecular complexity index is 904. The molecule has 1 N–H and O–H groups in total. The van der Waals surface area contributed by atoms with Crippen molar-refractivity contribution >= 4 is 20.7 Å². The van der Waals surface area contributed by atoms with E-state index in [9.17, 15) is 14.2 Å². The lowest BCUT2D eigenvalue weighted by atomic mass is 9.76. The van der Waals surface area contributed by atoms with Crippen LogP contribution in [0.25, 0.3) is 0 Å². The van der Waals surface area contributed by atoms with Crippen LogP contribution in [0.5, 0.6) is 0 Å². The summed E-state index contributed by atoms with van der Waals surface area (Å²) in [7, 11) is -0.394. The molecule has 1 amide bonds. The smallest absolute Gasteiger partial charge is 0.407 e. The molecule has 0 aliphatic heterocycles. The third-order valence-electron chi connectivity index (χ3n) is 6.51. The van der Waals surface area contributed by atoms with Gasteiger partial charge in [0.25, 0.3) is 0 Å². The van der Waals surface area contributed by atoms with Crippen LogP contribution in [0, 0.1) is 11.8 Å². The van der Waals surface area contributed by atoms with Crippen LogP contribution in [0.1, 0.15) is 56.1 Å². The second-order valence-electron chi connectivity index (χ2n) is 8.93. The first-order valence-electron chi connectivity index (χ1n) is 12.3. The highest BCUT2D eigenvalue weighted by atomic mass is 31.1. The minimum atomic E-state index is -0.544. The van der Waals surface area contributed by atoms with E-state index in [-0.39, 0.29) is 44.2 Å². The predicted octanol–water partition coefficient (Wildman–Crippen LogP) is 6.22. The molecule has 0 heterocycles. The van der Waals surface area contributed by atoms with Gasteiger partial charge in [-0.3, -0.25) is 9.32 Å². The Morgan fingerprint density at radius 3 is 2.09 bits per heavy atom. The highest BCUT2D eigenvalue weighted by Gasteiger charge is 2.33. The Hall–Kier alpha value is -2.76. The summed E-state index contributed by atoms with van der Waals surface area (Å²) in [4.78, 5) is 25.2. The van der Waals surface area contributed by atoms with Gasteiger partial charge in [0.05, 0.1) is 6.61 Å². The third-order valence-corrected chi connectivity index (χ3v) is 6.76. The van der Waals surface area contributed by atoms with Crippen LogP contribution < -0.4 is 5.32 Å². The fourth-order valence-electron chi connectivity index (χ4n) is 4.65. The van der Waals surface area contributed by atoms with Crippen LogP contribution in [0.3, 0.4) is 0 Å². The van der Waals surface area contributed by atoms with Crippen LogP contribution in [0.15, 0.2) is 60.7 Å². The van der Waals surface area contributed by atoms with Crippen molar-refractivity contribution in [3.8, 4) is 0 Å². The number of hydrogen-bond acceptors (Lipinski definition) is 6. The number of rotatable bonds is 13. The van der Waals surface area contributed by atoms with Gasteiger partial charge in [-0.1, -0.05) is 92.8 Å². The molecule has 0 spiro atoms. The second kappa shape index (κ2) is 15.3. The zero-order chi connectivity index (χ0) is 24.7. The number of carbonyl (C=O) groups is 2. The van der Waals surface area contributed by atoms with Crippen molar-refractivity contribution < 1.29 is 28.2 Å². The Kier molecular flexibility index (Phi) is 11.7. The molecule has 1 fully saturated rings. The average Bonchev–Trinajstić information content (AvgIpc) is 2.91. The van der Waals surface area contributed by atoms with Crippen LogP contribution in [0.4, 0.5) is 4.79 Å².